The minimum atomic E-state index is -1.52. The van der Waals surface area contributed by atoms with Crippen LogP contribution in [0.1, 0.15) is 24.5 Å². The molecule has 6 rings (SSSR count). The van der Waals surface area contributed by atoms with E-state index in [0.717, 1.165) is 0 Å². The molecular formula is C34H36ClN3O8. The third-order valence-electron chi connectivity index (χ3n) is 9.04. The first-order chi connectivity index (χ1) is 22.3. The lowest BCUT2D eigenvalue weighted by molar-refractivity contribution is -0.162. The lowest BCUT2D eigenvalue weighted by Gasteiger charge is -2.35. The van der Waals surface area contributed by atoms with Gasteiger partial charge in [-0.05, 0) is 36.2 Å². The Labute approximate surface area is 271 Å². The highest BCUT2D eigenvalue weighted by Crippen LogP contribution is 2.53. The number of methoxy groups -OCH3 is 1. The van der Waals surface area contributed by atoms with Crippen LogP contribution >= 0.6 is 11.6 Å². The molecule has 11 nitrogen and oxygen atoms in total. The summed E-state index contributed by atoms with van der Waals surface area (Å²) >= 11 is 6.10. The van der Waals surface area contributed by atoms with Gasteiger partial charge in [-0.15, -0.1) is 0 Å². The molecule has 0 unspecified atom stereocenters. The van der Waals surface area contributed by atoms with Gasteiger partial charge in [0.05, 0.1) is 31.3 Å². The molecule has 242 valence electrons. The average molecular weight is 650 g/mol. The van der Waals surface area contributed by atoms with Crippen LogP contribution < -0.4 is 10.2 Å². The van der Waals surface area contributed by atoms with Crippen LogP contribution in [-0.4, -0.2) is 90.9 Å². The molecule has 2 aromatic rings. The first-order valence-electron chi connectivity index (χ1n) is 15.3. The molecule has 1 spiro atoms. The molecule has 0 saturated carbocycles. The van der Waals surface area contributed by atoms with Crippen LogP contribution in [0.25, 0.3) is 0 Å². The zero-order valence-corrected chi connectivity index (χ0v) is 26.0. The van der Waals surface area contributed by atoms with Gasteiger partial charge in [0.25, 0.3) is 5.91 Å². The van der Waals surface area contributed by atoms with Crippen LogP contribution in [0.3, 0.4) is 0 Å². The van der Waals surface area contributed by atoms with Crippen LogP contribution in [0.15, 0.2) is 78.9 Å². The maximum Gasteiger partial charge on any atom is 0.313 e. The van der Waals surface area contributed by atoms with E-state index in [-0.39, 0.29) is 32.0 Å². The van der Waals surface area contributed by atoms with Crippen LogP contribution in [0.5, 0.6) is 0 Å². The Kier molecular flexibility index (Phi) is 9.28. The van der Waals surface area contributed by atoms with Gasteiger partial charge in [-0.2, -0.15) is 0 Å². The third-order valence-corrected chi connectivity index (χ3v) is 9.29. The highest BCUT2D eigenvalue weighted by Gasteiger charge is 2.71. The number of nitrogens with zero attached hydrogens (tertiary/aromatic N) is 2. The van der Waals surface area contributed by atoms with Gasteiger partial charge in [-0.25, -0.2) is 0 Å². The topological polar surface area (TPSA) is 135 Å². The number of fused-ring (bicyclic) bond motifs is 2. The Balaban J connectivity index is 1.43. The predicted octanol–water partition coefficient (Wildman–Crippen LogP) is 2.58. The van der Waals surface area contributed by atoms with E-state index in [4.69, 9.17) is 25.8 Å². The summed E-state index contributed by atoms with van der Waals surface area (Å²) in [4.78, 5) is 58.9. The number of benzene rings is 2. The number of aliphatic hydroxyl groups is 1. The Morgan fingerprint density at radius 3 is 2.52 bits per heavy atom. The zero-order valence-electron chi connectivity index (χ0n) is 25.3. The number of allylic oxidation sites excluding steroid dienone is 1. The molecule has 3 amide bonds. The lowest BCUT2D eigenvalue weighted by atomic mass is 9.77. The standard InChI is InChI=1S/C34H36ClN3O8/c1-44-20-24-29(21-8-3-2-4-9-21)45-33(43)27-25(10-5-6-11-26(40)36-24)46-34-16-7-17-37(23-14-12-22(35)13-15-23)32(42)30(34)38(18-19-39)31(41)28(27)34/h2-5,7-10,12-16,24-25,27-30,39H,6,11,17-20H2,1H3,(H,36,40)/b10-5-/t24-,25-,27+,28+,29-,30-,34+/m1/s1. The van der Waals surface area contributed by atoms with Crippen molar-refractivity contribution in [3.05, 3.63) is 89.5 Å². The second-order valence-corrected chi connectivity index (χ2v) is 12.2. The lowest BCUT2D eigenvalue weighted by Crippen LogP contribution is -2.55. The van der Waals surface area contributed by atoms with Gasteiger partial charge in [-0.3, -0.25) is 19.2 Å². The molecule has 4 aliphatic heterocycles. The third kappa shape index (κ3) is 5.72. The number of carbonyl (C=O) groups excluding carboxylic acids is 4. The van der Waals surface area contributed by atoms with Crippen LogP contribution in [-0.2, 0) is 33.4 Å². The van der Waals surface area contributed by atoms with E-state index in [1.54, 1.807) is 72.8 Å². The molecule has 0 aromatic heterocycles. The number of hydrogen-bond acceptors (Lipinski definition) is 8. The molecule has 2 aromatic carbocycles. The molecule has 2 saturated heterocycles. The number of rotatable bonds is 6. The Morgan fingerprint density at radius 2 is 1.80 bits per heavy atom. The molecule has 12 heteroatoms. The monoisotopic (exact) mass is 649 g/mol. The quantitative estimate of drug-likeness (QED) is 0.360. The summed E-state index contributed by atoms with van der Waals surface area (Å²) in [6, 6.07) is 13.9. The van der Waals surface area contributed by atoms with Crippen LogP contribution in [0, 0.1) is 11.8 Å². The fourth-order valence-electron chi connectivity index (χ4n) is 7.09. The Morgan fingerprint density at radius 1 is 1.04 bits per heavy atom. The molecule has 2 fully saturated rings. The molecule has 0 aliphatic carbocycles. The van der Waals surface area contributed by atoms with E-state index in [9.17, 15) is 24.3 Å². The first kappa shape index (κ1) is 31.9. The molecule has 7 atom stereocenters. The second-order valence-electron chi connectivity index (χ2n) is 11.8. The first-order valence-corrected chi connectivity index (χ1v) is 15.7. The van der Waals surface area contributed by atoms with Gasteiger partial charge < -0.3 is 34.4 Å². The summed E-state index contributed by atoms with van der Waals surface area (Å²) in [5, 5.41) is 13.4. The SMILES string of the molecule is COC[C@H]1NC(=O)CC/C=C\[C@H]2O[C@]34C=CCN(c5ccc(Cl)cc5)C(=O)[C@H]3N(CCO)C(=O)[C@@H]4[C@H]2C(=O)O[C@@H]1c1ccccc1. The maximum atomic E-state index is 14.4. The van der Waals surface area contributed by atoms with E-state index >= 15 is 0 Å². The average Bonchev–Trinajstić information content (AvgIpc) is 3.43. The molecule has 46 heavy (non-hydrogen) atoms. The normalized spacial score (nSPS) is 32.0. The van der Waals surface area contributed by atoms with Crippen molar-refractivity contribution in [2.75, 3.05) is 38.3 Å². The summed E-state index contributed by atoms with van der Waals surface area (Å²) in [5.41, 5.74) is -0.311. The van der Waals surface area contributed by atoms with Crippen LogP contribution in [0.2, 0.25) is 5.02 Å². The predicted molar refractivity (Wildman–Crippen MR) is 168 cm³/mol. The molecule has 4 heterocycles. The number of nitrogens with one attached hydrogen (secondary N) is 1. The minimum absolute atomic E-state index is 0.0649. The second kappa shape index (κ2) is 13.4. The van der Waals surface area contributed by atoms with Gasteiger partial charge in [0.2, 0.25) is 11.8 Å². The number of carbonyl (C=O) groups is 4. The molecule has 0 radical (unpaired) electrons. The maximum absolute atomic E-state index is 14.4. The van der Waals surface area contributed by atoms with E-state index in [2.05, 4.69) is 5.32 Å². The molecule has 2 N–H and O–H groups in total. The van der Waals surface area contributed by atoms with Gasteiger partial charge in [0, 0.05) is 37.3 Å². The number of esters is 1. The van der Waals surface area contributed by atoms with Crippen molar-refractivity contribution in [3.8, 4) is 0 Å². The number of β-amino-alcohol motifs (C(OH)–C–C–N with tert-alkyl or cyclic N) is 1. The summed E-state index contributed by atoms with van der Waals surface area (Å²) in [6.07, 6.45) is 5.56. The summed E-state index contributed by atoms with van der Waals surface area (Å²) in [5.74, 6) is -4.09. The van der Waals surface area contributed by atoms with Gasteiger partial charge >= 0.3 is 5.97 Å². The summed E-state index contributed by atoms with van der Waals surface area (Å²) in [7, 11) is 1.50. The van der Waals surface area contributed by atoms with E-state index in [1.165, 1.54) is 16.9 Å². The van der Waals surface area contributed by atoms with Crippen molar-refractivity contribution in [2.45, 2.75) is 42.7 Å². The number of halogens is 1. The Bertz CT molecular complexity index is 1530. The van der Waals surface area contributed by atoms with Crippen molar-refractivity contribution >= 4 is 41.0 Å². The molecule has 0 bridgehead atoms. The van der Waals surface area contributed by atoms with Gasteiger partial charge in [-0.1, -0.05) is 66.2 Å². The fraction of sp³-hybridized carbons (Fsp3) is 0.412. The smallest absolute Gasteiger partial charge is 0.313 e. The number of anilines is 1. The van der Waals surface area contributed by atoms with Crippen LogP contribution in [0.4, 0.5) is 5.69 Å². The van der Waals surface area contributed by atoms with Gasteiger partial charge in [0.15, 0.2) is 0 Å². The number of ether oxygens (including phenoxy) is 3. The van der Waals surface area contributed by atoms with Gasteiger partial charge in [0.1, 0.15) is 23.7 Å². The van der Waals surface area contributed by atoms with Crippen molar-refractivity contribution in [3.63, 3.8) is 0 Å². The zero-order chi connectivity index (χ0) is 32.4. The molecular weight excluding hydrogens is 614 g/mol. The van der Waals surface area contributed by atoms with E-state index in [1.807, 2.05) is 6.07 Å². The highest BCUT2D eigenvalue weighted by molar-refractivity contribution is 6.30. The number of aliphatic hydroxyl groups excluding tert-OH is 1. The van der Waals surface area contributed by atoms with Crippen molar-refractivity contribution in [1.82, 2.24) is 10.2 Å². The van der Waals surface area contributed by atoms with Crippen molar-refractivity contribution < 1.29 is 38.5 Å². The minimum Gasteiger partial charge on any atom is -0.455 e. The number of likely N-dealkylation sites (tertiary alicyclic amines) is 1. The largest absolute Gasteiger partial charge is 0.455 e. The van der Waals surface area contributed by atoms with E-state index < -0.39 is 66.1 Å². The number of hydrogen-bond donors (Lipinski definition) is 2. The molecule has 4 aliphatic rings. The number of amides is 3. The Hall–Kier alpha value is -4.03. The fourth-order valence-corrected chi connectivity index (χ4v) is 7.22. The van der Waals surface area contributed by atoms with Crippen molar-refractivity contribution in [2.24, 2.45) is 11.8 Å². The summed E-state index contributed by atoms with van der Waals surface area (Å²) in [6.45, 7) is -0.268. The van der Waals surface area contributed by atoms with E-state index in [0.29, 0.717) is 22.7 Å². The number of cyclic esters (lactones) is 1. The van der Waals surface area contributed by atoms with Crippen molar-refractivity contribution in [1.29, 1.82) is 0 Å². The summed E-state index contributed by atoms with van der Waals surface area (Å²) < 4.78 is 18.3. The highest BCUT2D eigenvalue weighted by atomic mass is 35.5.